The Hall–Kier alpha value is -2.28. The maximum Gasteiger partial charge on any atom is 0.303 e. The fraction of sp³-hybridized carbons (Fsp3) is 0.167. The molecule has 0 saturated carbocycles. The summed E-state index contributed by atoms with van der Waals surface area (Å²) in [7, 11) is 0. The van der Waals surface area contributed by atoms with Crippen LogP contribution in [-0.4, -0.2) is 17.0 Å². The van der Waals surface area contributed by atoms with Crippen LogP contribution in [0, 0.1) is 11.8 Å². The van der Waals surface area contributed by atoms with E-state index in [2.05, 4.69) is 11.8 Å². The van der Waals surface area contributed by atoms with E-state index in [1.54, 1.807) is 24.3 Å². The second-order valence-electron chi connectivity index (χ2n) is 3.20. The molecule has 0 atom stereocenters. The van der Waals surface area contributed by atoms with Gasteiger partial charge in [0.05, 0.1) is 0 Å². The highest BCUT2D eigenvalue weighted by Crippen LogP contribution is 2.05. The molecule has 0 bridgehead atoms. The molecular formula is C12H11NO3. The summed E-state index contributed by atoms with van der Waals surface area (Å²) >= 11 is 0. The second-order valence-corrected chi connectivity index (χ2v) is 3.20. The van der Waals surface area contributed by atoms with E-state index in [1.165, 1.54) is 0 Å². The van der Waals surface area contributed by atoms with Crippen LogP contribution in [0.2, 0.25) is 0 Å². The van der Waals surface area contributed by atoms with Crippen molar-refractivity contribution in [2.75, 3.05) is 0 Å². The monoisotopic (exact) mass is 217 g/mol. The third-order valence-electron chi connectivity index (χ3n) is 1.91. The molecule has 1 rings (SSSR count). The van der Waals surface area contributed by atoms with E-state index < -0.39 is 11.9 Å². The number of aliphatic carboxylic acids is 1. The lowest BCUT2D eigenvalue weighted by molar-refractivity contribution is -0.137. The Morgan fingerprint density at radius 3 is 2.38 bits per heavy atom. The molecule has 1 aromatic carbocycles. The van der Waals surface area contributed by atoms with Gasteiger partial charge in [0, 0.05) is 12.0 Å². The SMILES string of the molecule is NC(=O)C#Cc1ccc(CCC(=O)O)cc1. The van der Waals surface area contributed by atoms with Crippen molar-refractivity contribution in [1.29, 1.82) is 0 Å². The molecule has 4 heteroatoms. The highest BCUT2D eigenvalue weighted by molar-refractivity contribution is 5.92. The van der Waals surface area contributed by atoms with Crippen molar-refractivity contribution in [2.24, 2.45) is 5.73 Å². The molecule has 0 fully saturated rings. The minimum absolute atomic E-state index is 0.103. The number of carboxylic acids is 1. The maximum absolute atomic E-state index is 10.4. The molecule has 0 aliphatic carbocycles. The number of aryl methyl sites for hydroxylation is 1. The molecule has 0 aliphatic rings. The Labute approximate surface area is 93.1 Å². The average Bonchev–Trinajstić information content (AvgIpc) is 2.25. The van der Waals surface area contributed by atoms with Gasteiger partial charge in [-0.15, -0.1) is 0 Å². The first-order chi connectivity index (χ1) is 7.58. The van der Waals surface area contributed by atoms with E-state index in [0.29, 0.717) is 12.0 Å². The highest BCUT2D eigenvalue weighted by Gasteiger charge is 1.98. The Morgan fingerprint density at radius 1 is 1.25 bits per heavy atom. The summed E-state index contributed by atoms with van der Waals surface area (Å²) in [6, 6.07) is 7.03. The number of carbonyl (C=O) groups excluding carboxylic acids is 1. The van der Waals surface area contributed by atoms with Crippen molar-refractivity contribution in [3.63, 3.8) is 0 Å². The summed E-state index contributed by atoms with van der Waals surface area (Å²) in [6.45, 7) is 0. The lowest BCUT2D eigenvalue weighted by Gasteiger charge is -1.98. The zero-order valence-electron chi connectivity index (χ0n) is 8.56. The molecule has 0 aliphatic heterocycles. The van der Waals surface area contributed by atoms with Crippen LogP contribution in [0.3, 0.4) is 0 Å². The van der Waals surface area contributed by atoms with Gasteiger partial charge in [-0.05, 0) is 30.0 Å². The van der Waals surface area contributed by atoms with Gasteiger partial charge in [-0.3, -0.25) is 9.59 Å². The van der Waals surface area contributed by atoms with Gasteiger partial charge in [0.1, 0.15) is 0 Å². The zero-order valence-corrected chi connectivity index (χ0v) is 8.56. The van der Waals surface area contributed by atoms with Crippen molar-refractivity contribution >= 4 is 11.9 Å². The normalized spacial score (nSPS) is 9.00. The molecule has 82 valence electrons. The smallest absolute Gasteiger partial charge is 0.303 e. The van der Waals surface area contributed by atoms with Crippen LogP contribution in [0.25, 0.3) is 0 Å². The second kappa shape index (κ2) is 5.56. The highest BCUT2D eigenvalue weighted by atomic mass is 16.4. The third kappa shape index (κ3) is 4.29. The fourth-order valence-corrected chi connectivity index (χ4v) is 1.14. The summed E-state index contributed by atoms with van der Waals surface area (Å²) in [6.07, 6.45) is 0.588. The van der Waals surface area contributed by atoms with Gasteiger partial charge in [-0.2, -0.15) is 0 Å². The predicted molar refractivity (Wildman–Crippen MR) is 58.5 cm³/mol. The molecule has 3 N–H and O–H groups in total. The quantitative estimate of drug-likeness (QED) is 0.725. The van der Waals surface area contributed by atoms with Crippen molar-refractivity contribution in [3.05, 3.63) is 35.4 Å². The summed E-state index contributed by atoms with van der Waals surface area (Å²) in [5, 5.41) is 8.50. The summed E-state index contributed by atoms with van der Waals surface area (Å²) in [4.78, 5) is 20.7. The van der Waals surface area contributed by atoms with Crippen molar-refractivity contribution in [3.8, 4) is 11.8 Å². The van der Waals surface area contributed by atoms with Gasteiger partial charge in [0.2, 0.25) is 0 Å². The number of benzene rings is 1. The number of carbonyl (C=O) groups is 2. The molecule has 0 unspecified atom stereocenters. The van der Waals surface area contributed by atoms with Gasteiger partial charge >= 0.3 is 5.97 Å². The molecule has 0 heterocycles. The number of primary amides is 1. The third-order valence-corrected chi connectivity index (χ3v) is 1.91. The van der Waals surface area contributed by atoms with Crippen LogP contribution in [0.1, 0.15) is 17.5 Å². The average molecular weight is 217 g/mol. The van der Waals surface area contributed by atoms with E-state index in [0.717, 1.165) is 5.56 Å². The fourth-order valence-electron chi connectivity index (χ4n) is 1.14. The standard InChI is InChI=1S/C12H11NO3/c13-11(14)7-5-9-1-3-10(4-2-9)6-8-12(15)16/h1-4H,6,8H2,(H2,13,14)(H,15,16). The Morgan fingerprint density at radius 2 is 1.88 bits per heavy atom. The van der Waals surface area contributed by atoms with Crippen molar-refractivity contribution < 1.29 is 14.7 Å². The van der Waals surface area contributed by atoms with Crippen molar-refractivity contribution in [2.45, 2.75) is 12.8 Å². The first-order valence-electron chi connectivity index (χ1n) is 4.70. The van der Waals surface area contributed by atoms with Crippen LogP contribution in [-0.2, 0) is 16.0 Å². The Balaban J connectivity index is 2.65. The van der Waals surface area contributed by atoms with E-state index in [-0.39, 0.29) is 6.42 Å². The Kier molecular flexibility index (Phi) is 4.10. The number of rotatable bonds is 3. The zero-order chi connectivity index (χ0) is 12.0. The molecule has 1 amide bonds. The molecule has 0 radical (unpaired) electrons. The molecule has 0 saturated heterocycles. The number of nitrogens with two attached hydrogens (primary N) is 1. The van der Waals surface area contributed by atoms with Crippen molar-refractivity contribution in [1.82, 2.24) is 0 Å². The van der Waals surface area contributed by atoms with E-state index in [4.69, 9.17) is 10.8 Å². The number of hydrogen-bond acceptors (Lipinski definition) is 2. The summed E-state index contributed by atoms with van der Waals surface area (Å²) in [5.41, 5.74) is 6.48. The largest absolute Gasteiger partial charge is 0.481 e. The molecular weight excluding hydrogens is 206 g/mol. The van der Waals surface area contributed by atoms with Gasteiger partial charge in [0.25, 0.3) is 5.91 Å². The molecule has 0 spiro atoms. The van der Waals surface area contributed by atoms with Crippen LogP contribution in [0.5, 0.6) is 0 Å². The lowest BCUT2D eigenvalue weighted by Crippen LogP contribution is -2.06. The predicted octanol–water partition coefficient (Wildman–Crippen LogP) is 0.541. The lowest BCUT2D eigenvalue weighted by atomic mass is 10.1. The number of amides is 1. The molecule has 16 heavy (non-hydrogen) atoms. The van der Waals surface area contributed by atoms with Crippen LogP contribution in [0.4, 0.5) is 0 Å². The number of carboxylic acid groups (broad SMARTS) is 1. The molecule has 4 nitrogen and oxygen atoms in total. The van der Waals surface area contributed by atoms with Gasteiger partial charge in [0.15, 0.2) is 0 Å². The minimum Gasteiger partial charge on any atom is -0.481 e. The van der Waals surface area contributed by atoms with E-state index >= 15 is 0 Å². The Bertz CT molecular complexity index is 451. The minimum atomic E-state index is -0.822. The molecule has 1 aromatic rings. The maximum atomic E-state index is 10.4. The summed E-state index contributed by atoms with van der Waals surface area (Å²) in [5.74, 6) is 3.33. The van der Waals surface area contributed by atoms with Crippen LogP contribution < -0.4 is 5.73 Å². The first kappa shape index (κ1) is 11.8. The van der Waals surface area contributed by atoms with Gasteiger partial charge in [-0.25, -0.2) is 0 Å². The van der Waals surface area contributed by atoms with Crippen LogP contribution in [0.15, 0.2) is 24.3 Å². The van der Waals surface area contributed by atoms with E-state index in [9.17, 15) is 9.59 Å². The summed E-state index contributed by atoms with van der Waals surface area (Å²) < 4.78 is 0. The van der Waals surface area contributed by atoms with Gasteiger partial charge in [-0.1, -0.05) is 18.1 Å². The van der Waals surface area contributed by atoms with E-state index in [1.807, 2.05) is 0 Å². The van der Waals surface area contributed by atoms with Gasteiger partial charge < -0.3 is 10.8 Å². The molecule has 0 aromatic heterocycles. The topological polar surface area (TPSA) is 80.4 Å². The van der Waals surface area contributed by atoms with Crippen LogP contribution >= 0.6 is 0 Å². The first-order valence-corrected chi connectivity index (χ1v) is 4.70. The number of hydrogen-bond donors (Lipinski definition) is 2.